The van der Waals surface area contributed by atoms with Crippen LogP contribution in [0.1, 0.15) is 60.3 Å². The fraction of sp³-hybridized carbons (Fsp3) is 0.536. The van der Waals surface area contributed by atoms with Crippen LogP contribution in [0.5, 0.6) is 0 Å². The number of rotatable bonds is 14. The zero-order valence-corrected chi connectivity index (χ0v) is 22.1. The van der Waals surface area contributed by atoms with Crippen LogP contribution in [0, 0.1) is 5.92 Å². The number of esters is 1. The average Bonchev–Trinajstić information content (AvgIpc) is 2.81. The Balaban J connectivity index is 1.95. The Morgan fingerprint density at radius 1 is 0.848 bits per heavy atom. The first-order chi connectivity index (χ1) is 15.9. The molecule has 2 aromatic rings. The van der Waals surface area contributed by atoms with Crippen LogP contribution in [0.15, 0.2) is 60.7 Å². The summed E-state index contributed by atoms with van der Waals surface area (Å²) in [7, 11) is -2.53. The topological polar surface area (TPSA) is 44.8 Å². The standard InChI is InChI=1S/C28H42O4Si/c1-6-8-15-24(7-2)27(29)31-22-20-30-21-23-32-33(28(3,4)5,25-16-11-9-12-17-25)26-18-13-10-14-19-26/h9-14,16-19,24H,6-8,15,20-23H2,1-5H3. The van der Waals surface area contributed by atoms with Crippen LogP contribution in [-0.2, 0) is 18.7 Å². The van der Waals surface area contributed by atoms with E-state index in [0.29, 0.717) is 26.4 Å². The summed E-state index contributed by atoms with van der Waals surface area (Å²) in [5.74, 6) is -0.0958. The molecular formula is C28H42O4Si. The van der Waals surface area contributed by atoms with E-state index in [1.54, 1.807) is 0 Å². The number of unbranched alkanes of at least 4 members (excludes halogenated alkanes) is 1. The van der Waals surface area contributed by atoms with Crippen molar-refractivity contribution in [1.29, 1.82) is 0 Å². The summed E-state index contributed by atoms with van der Waals surface area (Å²) in [5.41, 5.74) is 0. The Bertz CT molecular complexity index is 762. The first-order valence-electron chi connectivity index (χ1n) is 12.4. The predicted octanol–water partition coefficient (Wildman–Crippen LogP) is 5.34. The van der Waals surface area contributed by atoms with Crippen LogP contribution in [0.25, 0.3) is 0 Å². The molecule has 0 aliphatic heterocycles. The van der Waals surface area contributed by atoms with Gasteiger partial charge >= 0.3 is 5.97 Å². The van der Waals surface area contributed by atoms with E-state index < -0.39 is 8.32 Å². The van der Waals surface area contributed by atoms with Gasteiger partial charge in [-0.05, 0) is 28.3 Å². The van der Waals surface area contributed by atoms with Gasteiger partial charge in [0.15, 0.2) is 0 Å². The molecule has 4 nitrogen and oxygen atoms in total. The maximum Gasteiger partial charge on any atom is 0.308 e. The monoisotopic (exact) mass is 470 g/mol. The Hall–Kier alpha value is -1.95. The van der Waals surface area contributed by atoms with Gasteiger partial charge in [0.05, 0.1) is 25.7 Å². The minimum absolute atomic E-state index is 0.00318. The maximum absolute atomic E-state index is 12.2. The molecule has 0 aliphatic carbocycles. The van der Waals surface area contributed by atoms with Crippen LogP contribution in [0.2, 0.25) is 5.04 Å². The summed E-state index contributed by atoms with van der Waals surface area (Å²) in [6, 6.07) is 21.2. The van der Waals surface area contributed by atoms with E-state index in [2.05, 4.69) is 76.2 Å². The van der Waals surface area contributed by atoms with Crippen molar-refractivity contribution in [3.8, 4) is 0 Å². The largest absolute Gasteiger partial charge is 0.463 e. The highest BCUT2D eigenvalue weighted by atomic mass is 28.4. The molecule has 2 rings (SSSR count). The predicted molar refractivity (Wildman–Crippen MR) is 139 cm³/mol. The Morgan fingerprint density at radius 2 is 1.39 bits per heavy atom. The molecule has 0 aliphatic rings. The lowest BCUT2D eigenvalue weighted by molar-refractivity contribution is -0.150. The van der Waals surface area contributed by atoms with Gasteiger partial charge in [-0.2, -0.15) is 0 Å². The Kier molecular flexibility index (Phi) is 11.3. The van der Waals surface area contributed by atoms with Gasteiger partial charge in [0.1, 0.15) is 6.61 Å². The van der Waals surface area contributed by atoms with Crippen LogP contribution >= 0.6 is 0 Å². The molecule has 0 saturated carbocycles. The second-order valence-corrected chi connectivity index (χ2v) is 13.8. The Labute approximate surface area is 201 Å². The van der Waals surface area contributed by atoms with E-state index in [1.165, 1.54) is 10.4 Å². The number of carbonyl (C=O) groups excluding carboxylic acids is 1. The summed E-state index contributed by atoms with van der Waals surface area (Å²) in [6.07, 6.45) is 3.88. The third-order valence-corrected chi connectivity index (χ3v) is 11.2. The van der Waals surface area contributed by atoms with Gasteiger partial charge in [0, 0.05) is 0 Å². The quantitative estimate of drug-likeness (QED) is 0.212. The lowest BCUT2D eigenvalue weighted by atomic mass is 10.00. The van der Waals surface area contributed by atoms with Gasteiger partial charge in [-0.1, -0.05) is 108 Å². The summed E-state index contributed by atoms with van der Waals surface area (Å²) in [4.78, 5) is 12.2. The smallest absolute Gasteiger partial charge is 0.308 e. The first-order valence-corrected chi connectivity index (χ1v) is 14.3. The molecule has 0 heterocycles. The lowest BCUT2D eigenvalue weighted by Crippen LogP contribution is -2.66. The highest BCUT2D eigenvalue weighted by Gasteiger charge is 2.49. The van der Waals surface area contributed by atoms with Crippen molar-refractivity contribution in [2.45, 2.75) is 65.3 Å². The summed E-state index contributed by atoms with van der Waals surface area (Å²) < 4.78 is 18.0. The molecule has 1 atom stereocenters. The van der Waals surface area contributed by atoms with E-state index in [0.717, 1.165) is 25.7 Å². The highest BCUT2D eigenvalue weighted by Crippen LogP contribution is 2.36. The molecule has 0 spiro atoms. The number of benzene rings is 2. The third kappa shape index (κ3) is 7.52. The van der Waals surface area contributed by atoms with Crippen molar-refractivity contribution < 1.29 is 18.7 Å². The van der Waals surface area contributed by atoms with Gasteiger partial charge in [-0.25, -0.2) is 0 Å². The molecule has 0 amide bonds. The third-order valence-electron chi connectivity index (χ3n) is 6.17. The number of ether oxygens (including phenoxy) is 2. The van der Waals surface area contributed by atoms with Crippen molar-refractivity contribution in [3.63, 3.8) is 0 Å². The van der Waals surface area contributed by atoms with Crippen LogP contribution in [0.4, 0.5) is 0 Å². The normalized spacial score (nSPS) is 13.0. The second-order valence-electron chi connectivity index (χ2n) is 9.54. The van der Waals surface area contributed by atoms with Crippen molar-refractivity contribution in [2.24, 2.45) is 5.92 Å². The van der Waals surface area contributed by atoms with Gasteiger partial charge in [-0.15, -0.1) is 0 Å². The van der Waals surface area contributed by atoms with Crippen LogP contribution in [0.3, 0.4) is 0 Å². The SMILES string of the molecule is CCCCC(CC)C(=O)OCCOCCO[Si](c1ccccc1)(c1ccccc1)C(C)(C)C. The molecule has 1 unspecified atom stereocenters. The zero-order chi connectivity index (χ0) is 24.2. The van der Waals surface area contributed by atoms with Gasteiger partial charge in [0.25, 0.3) is 8.32 Å². The van der Waals surface area contributed by atoms with Gasteiger partial charge in [-0.3, -0.25) is 4.79 Å². The summed E-state index contributed by atoms with van der Waals surface area (Å²) >= 11 is 0. The molecule has 0 aromatic heterocycles. The molecular weight excluding hydrogens is 428 g/mol. The molecule has 0 N–H and O–H groups in total. The molecule has 0 radical (unpaired) electrons. The minimum Gasteiger partial charge on any atom is -0.463 e. The number of hydrogen-bond donors (Lipinski definition) is 0. The molecule has 33 heavy (non-hydrogen) atoms. The molecule has 0 bridgehead atoms. The molecule has 0 saturated heterocycles. The van der Waals surface area contributed by atoms with Crippen LogP contribution in [-0.4, -0.2) is 40.7 Å². The first kappa shape index (κ1) is 27.3. The molecule has 5 heteroatoms. The van der Waals surface area contributed by atoms with E-state index in [9.17, 15) is 4.79 Å². The lowest BCUT2D eigenvalue weighted by Gasteiger charge is -2.43. The number of carbonyl (C=O) groups is 1. The van der Waals surface area contributed by atoms with E-state index >= 15 is 0 Å². The van der Waals surface area contributed by atoms with Crippen molar-refractivity contribution in [1.82, 2.24) is 0 Å². The molecule has 182 valence electrons. The van der Waals surface area contributed by atoms with Crippen molar-refractivity contribution in [2.75, 3.05) is 26.4 Å². The molecule has 0 fully saturated rings. The molecule has 2 aromatic carbocycles. The highest BCUT2D eigenvalue weighted by molar-refractivity contribution is 6.99. The fourth-order valence-corrected chi connectivity index (χ4v) is 8.92. The maximum atomic E-state index is 12.2. The summed E-state index contributed by atoms with van der Waals surface area (Å²) in [5, 5.41) is 2.46. The van der Waals surface area contributed by atoms with Crippen molar-refractivity contribution >= 4 is 24.7 Å². The van der Waals surface area contributed by atoms with E-state index in [1.807, 2.05) is 19.1 Å². The van der Waals surface area contributed by atoms with Crippen molar-refractivity contribution in [3.05, 3.63) is 60.7 Å². The summed E-state index contributed by atoms with van der Waals surface area (Å²) in [6.45, 7) is 12.6. The number of hydrogen-bond acceptors (Lipinski definition) is 4. The second kappa shape index (κ2) is 13.7. The van der Waals surface area contributed by atoms with Gasteiger partial charge in [0.2, 0.25) is 0 Å². The zero-order valence-electron chi connectivity index (χ0n) is 21.1. The average molecular weight is 471 g/mol. The Morgan fingerprint density at radius 3 is 1.88 bits per heavy atom. The van der Waals surface area contributed by atoms with E-state index in [4.69, 9.17) is 13.9 Å². The van der Waals surface area contributed by atoms with Gasteiger partial charge < -0.3 is 13.9 Å². The minimum atomic E-state index is -2.53. The van der Waals surface area contributed by atoms with Crippen LogP contribution < -0.4 is 10.4 Å². The van der Waals surface area contributed by atoms with E-state index in [-0.39, 0.29) is 16.9 Å². The fourth-order valence-electron chi connectivity index (χ4n) is 4.38.